The minimum Gasteiger partial charge on any atom is -0.352 e. The molecule has 0 heterocycles. The van der Waals surface area contributed by atoms with E-state index in [2.05, 4.69) is 24.1 Å². The first kappa shape index (κ1) is 17.7. The summed E-state index contributed by atoms with van der Waals surface area (Å²) >= 11 is 0. The predicted octanol–water partition coefficient (Wildman–Crippen LogP) is 2.17. The number of nitrogens with zero attached hydrogens (tertiary/aromatic N) is 1. The fraction of sp³-hybridized carbons (Fsp3) is 0.588. The minimum atomic E-state index is -0.271. The molecule has 0 aromatic heterocycles. The van der Waals surface area contributed by atoms with Gasteiger partial charge >= 0.3 is 0 Å². The van der Waals surface area contributed by atoms with E-state index in [-0.39, 0.29) is 23.9 Å². The van der Waals surface area contributed by atoms with Gasteiger partial charge in [0.25, 0.3) is 0 Å². The van der Waals surface area contributed by atoms with Crippen LogP contribution in [0.4, 0.5) is 0 Å². The van der Waals surface area contributed by atoms with Gasteiger partial charge in [-0.15, -0.1) is 0 Å². The first-order valence-corrected chi connectivity index (χ1v) is 7.82. The van der Waals surface area contributed by atoms with Gasteiger partial charge in [-0.25, -0.2) is 0 Å². The largest absolute Gasteiger partial charge is 0.352 e. The number of likely N-dealkylation sites (N-methyl/N-ethyl adjacent to an activating group) is 1. The van der Waals surface area contributed by atoms with Crippen molar-refractivity contribution in [1.29, 1.82) is 0 Å². The molecule has 0 saturated carbocycles. The van der Waals surface area contributed by atoms with Gasteiger partial charge in [-0.2, -0.15) is 0 Å². The summed E-state index contributed by atoms with van der Waals surface area (Å²) in [5.74, 6) is -0.224. The summed E-state index contributed by atoms with van der Waals surface area (Å²) in [5, 5.41) is 3.07. The molecule has 1 aromatic carbocycles. The molecule has 1 rings (SSSR count). The molecule has 1 aromatic rings. The van der Waals surface area contributed by atoms with Crippen LogP contribution in [0.2, 0.25) is 0 Å². The summed E-state index contributed by atoms with van der Waals surface area (Å²) in [6, 6.07) is 9.63. The highest BCUT2D eigenvalue weighted by atomic mass is 16.2. The Balaban J connectivity index is 2.54. The number of rotatable bonds is 8. The normalized spacial score (nSPS) is 15.5. The van der Waals surface area contributed by atoms with Crippen LogP contribution in [0.5, 0.6) is 0 Å². The lowest BCUT2D eigenvalue weighted by molar-refractivity contribution is -0.125. The average Bonchev–Trinajstić information content (AvgIpc) is 2.51. The van der Waals surface area contributed by atoms with Crippen molar-refractivity contribution in [2.75, 3.05) is 19.6 Å². The number of carbonyl (C=O) groups excluding carboxylic acids is 1. The molecular formula is C17H29N3O. The Bertz CT molecular complexity index is 417. The second-order valence-electron chi connectivity index (χ2n) is 5.62. The molecule has 3 unspecified atom stereocenters. The Morgan fingerprint density at radius 1 is 1.19 bits per heavy atom. The zero-order valence-corrected chi connectivity index (χ0v) is 13.7. The van der Waals surface area contributed by atoms with Gasteiger partial charge in [0, 0.05) is 18.6 Å². The van der Waals surface area contributed by atoms with Crippen molar-refractivity contribution < 1.29 is 4.79 Å². The topological polar surface area (TPSA) is 58.4 Å². The molecule has 0 spiro atoms. The summed E-state index contributed by atoms with van der Waals surface area (Å²) in [5.41, 5.74) is 7.19. The van der Waals surface area contributed by atoms with E-state index in [1.165, 1.54) is 0 Å². The van der Waals surface area contributed by atoms with Crippen LogP contribution in [0.25, 0.3) is 0 Å². The summed E-state index contributed by atoms with van der Waals surface area (Å²) in [4.78, 5) is 14.6. The molecule has 3 atom stereocenters. The third-order valence-electron chi connectivity index (χ3n) is 3.95. The van der Waals surface area contributed by atoms with Crippen molar-refractivity contribution in [3.8, 4) is 0 Å². The standard InChI is InChI=1S/C17H29N3O/c1-5-20(6-2)12-13(3)19-17(21)14(4)16(18)15-10-8-7-9-11-15/h7-11,13-14,16H,5-6,12,18H2,1-4H3,(H,19,21). The van der Waals surface area contributed by atoms with E-state index in [4.69, 9.17) is 5.73 Å². The molecule has 118 valence electrons. The van der Waals surface area contributed by atoms with Crippen LogP contribution in [-0.4, -0.2) is 36.5 Å². The van der Waals surface area contributed by atoms with Gasteiger partial charge < -0.3 is 16.0 Å². The van der Waals surface area contributed by atoms with Crippen molar-refractivity contribution >= 4 is 5.91 Å². The summed E-state index contributed by atoms with van der Waals surface area (Å²) in [6.45, 7) is 11.0. The van der Waals surface area contributed by atoms with E-state index in [0.717, 1.165) is 25.2 Å². The number of nitrogens with two attached hydrogens (primary N) is 1. The van der Waals surface area contributed by atoms with Crippen LogP contribution in [-0.2, 0) is 4.79 Å². The van der Waals surface area contributed by atoms with Crippen molar-refractivity contribution in [3.05, 3.63) is 35.9 Å². The van der Waals surface area contributed by atoms with E-state index in [0.29, 0.717) is 0 Å². The number of carbonyl (C=O) groups is 1. The number of amides is 1. The maximum absolute atomic E-state index is 12.3. The molecule has 0 aliphatic carbocycles. The molecule has 4 heteroatoms. The predicted molar refractivity (Wildman–Crippen MR) is 87.9 cm³/mol. The van der Waals surface area contributed by atoms with Crippen molar-refractivity contribution in [2.24, 2.45) is 11.7 Å². The van der Waals surface area contributed by atoms with E-state index >= 15 is 0 Å². The van der Waals surface area contributed by atoms with Crippen molar-refractivity contribution in [2.45, 2.75) is 39.8 Å². The molecule has 0 radical (unpaired) electrons. The van der Waals surface area contributed by atoms with Crippen molar-refractivity contribution in [3.63, 3.8) is 0 Å². The summed E-state index contributed by atoms with van der Waals surface area (Å²) in [7, 11) is 0. The van der Waals surface area contributed by atoms with Gasteiger partial charge in [0.15, 0.2) is 0 Å². The lowest BCUT2D eigenvalue weighted by atomic mass is 9.94. The molecule has 4 nitrogen and oxygen atoms in total. The first-order chi connectivity index (χ1) is 9.99. The summed E-state index contributed by atoms with van der Waals surface area (Å²) in [6.07, 6.45) is 0. The third kappa shape index (κ3) is 5.48. The second-order valence-corrected chi connectivity index (χ2v) is 5.62. The lowest BCUT2D eigenvalue weighted by Gasteiger charge is -2.26. The highest BCUT2D eigenvalue weighted by Gasteiger charge is 2.23. The molecule has 0 aliphatic rings. The van der Waals surface area contributed by atoms with Crippen molar-refractivity contribution in [1.82, 2.24) is 10.2 Å². The SMILES string of the molecule is CCN(CC)CC(C)NC(=O)C(C)C(N)c1ccccc1. The van der Waals surface area contributed by atoms with Gasteiger partial charge in [-0.3, -0.25) is 4.79 Å². The molecule has 1 amide bonds. The van der Waals surface area contributed by atoms with Gasteiger partial charge in [-0.05, 0) is 25.6 Å². The smallest absolute Gasteiger partial charge is 0.224 e. The summed E-state index contributed by atoms with van der Waals surface area (Å²) < 4.78 is 0. The monoisotopic (exact) mass is 291 g/mol. The Morgan fingerprint density at radius 2 is 1.76 bits per heavy atom. The van der Waals surface area contributed by atoms with Crippen LogP contribution in [0, 0.1) is 5.92 Å². The number of hydrogen-bond acceptors (Lipinski definition) is 3. The number of benzene rings is 1. The van der Waals surface area contributed by atoms with E-state index in [1.54, 1.807) is 0 Å². The van der Waals surface area contributed by atoms with Crippen LogP contribution in [0.1, 0.15) is 39.3 Å². The van der Waals surface area contributed by atoms with Crippen LogP contribution in [0.15, 0.2) is 30.3 Å². The molecular weight excluding hydrogens is 262 g/mol. The van der Waals surface area contributed by atoms with Crippen LogP contribution >= 0.6 is 0 Å². The van der Waals surface area contributed by atoms with Gasteiger partial charge in [0.05, 0.1) is 5.92 Å². The average molecular weight is 291 g/mol. The highest BCUT2D eigenvalue weighted by Crippen LogP contribution is 2.19. The number of nitrogens with one attached hydrogen (secondary N) is 1. The van der Waals surface area contributed by atoms with Gasteiger partial charge in [-0.1, -0.05) is 51.1 Å². The fourth-order valence-corrected chi connectivity index (χ4v) is 2.42. The Kier molecular flexibility index (Phi) is 7.40. The molecule has 0 bridgehead atoms. The lowest BCUT2D eigenvalue weighted by Crippen LogP contribution is -2.45. The molecule has 21 heavy (non-hydrogen) atoms. The zero-order valence-electron chi connectivity index (χ0n) is 13.7. The zero-order chi connectivity index (χ0) is 15.8. The third-order valence-corrected chi connectivity index (χ3v) is 3.95. The second kappa shape index (κ2) is 8.80. The maximum atomic E-state index is 12.3. The molecule has 0 fully saturated rings. The maximum Gasteiger partial charge on any atom is 0.224 e. The van der Waals surface area contributed by atoms with E-state index < -0.39 is 0 Å². The highest BCUT2D eigenvalue weighted by molar-refractivity contribution is 5.79. The quantitative estimate of drug-likeness (QED) is 0.772. The van der Waals surface area contributed by atoms with Gasteiger partial charge in [0.2, 0.25) is 5.91 Å². The number of hydrogen-bond donors (Lipinski definition) is 2. The minimum absolute atomic E-state index is 0.0195. The molecule has 0 saturated heterocycles. The molecule has 0 aliphatic heterocycles. The Morgan fingerprint density at radius 3 is 2.29 bits per heavy atom. The fourth-order valence-electron chi connectivity index (χ4n) is 2.42. The van der Waals surface area contributed by atoms with Crippen LogP contribution in [0.3, 0.4) is 0 Å². The first-order valence-electron chi connectivity index (χ1n) is 7.82. The Hall–Kier alpha value is -1.39. The van der Waals surface area contributed by atoms with E-state index in [1.807, 2.05) is 44.2 Å². The van der Waals surface area contributed by atoms with Gasteiger partial charge in [0.1, 0.15) is 0 Å². The Labute approximate surface area is 128 Å². The van der Waals surface area contributed by atoms with Crippen LogP contribution < -0.4 is 11.1 Å². The van der Waals surface area contributed by atoms with E-state index in [9.17, 15) is 4.79 Å². The molecule has 3 N–H and O–H groups in total.